The van der Waals surface area contributed by atoms with Crippen molar-refractivity contribution in [1.82, 2.24) is 5.32 Å². The van der Waals surface area contributed by atoms with E-state index >= 15 is 0 Å². The first-order chi connectivity index (χ1) is 10.0. The first kappa shape index (κ1) is 18.6. The van der Waals surface area contributed by atoms with Crippen molar-refractivity contribution in [3.63, 3.8) is 0 Å². The van der Waals surface area contributed by atoms with Crippen LogP contribution in [0.15, 0.2) is 33.6 Å². The zero-order chi connectivity index (χ0) is 17.1. The molecule has 0 spiro atoms. The number of carboxylic acids is 1. The summed E-state index contributed by atoms with van der Waals surface area (Å²) >= 11 is 3.17. The molecule has 0 saturated heterocycles. The van der Waals surface area contributed by atoms with Gasteiger partial charge < -0.3 is 10.4 Å². The van der Waals surface area contributed by atoms with E-state index in [1.165, 1.54) is 24.3 Å². The largest absolute Gasteiger partial charge is 0.480 e. The van der Waals surface area contributed by atoms with Crippen LogP contribution in [0.2, 0.25) is 0 Å². The van der Waals surface area contributed by atoms with Crippen LogP contribution >= 0.6 is 15.9 Å². The number of carboxylic acid groups (broad SMARTS) is 1. The number of nitrogens with one attached hydrogen (secondary N) is 1. The average Bonchev–Trinajstić information content (AvgIpc) is 2.44. The lowest BCUT2D eigenvalue weighted by atomic mass is 10.2. The van der Waals surface area contributed by atoms with Crippen molar-refractivity contribution >= 4 is 37.6 Å². The fourth-order valence-electron chi connectivity index (χ4n) is 1.53. The first-order valence-corrected chi connectivity index (χ1v) is 8.41. The quantitative estimate of drug-likeness (QED) is 0.760. The predicted octanol–water partition coefficient (Wildman–Crippen LogP) is 1.54. The maximum absolute atomic E-state index is 12.6. The summed E-state index contributed by atoms with van der Waals surface area (Å²) in [5, 5.41) is 10.6. The number of hydrogen-bond acceptors (Lipinski definition) is 4. The van der Waals surface area contributed by atoms with E-state index in [-0.39, 0.29) is 4.90 Å². The summed E-state index contributed by atoms with van der Waals surface area (Å²) in [4.78, 5) is 22.7. The third-order valence-electron chi connectivity index (χ3n) is 3.10. The Morgan fingerprint density at radius 2 is 1.82 bits per heavy atom. The van der Waals surface area contributed by atoms with E-state index in [2.05, 4.69) is 15.9 Å². The van der Waals surface area contributed by atoms with Gasteiger partial charge in [-0.15, -0.1) is 0 Å². The highest BCUT2D eigenvalue weighted by Gasteiger charge is 2.44. The molecule has 0 aliphatic rings. The number of aliphatic carboxylic acids is 1. The standard InChI is InChI=1S/C13H15BrFNO5S/c1-13(2,12(19)16-10(7-15)11(17)18)22(20,21)9-5-3-8(14)4-6-9/h3-6,10H,7H2,1-2H3,(H,16,19)(H,17,18). The molecule has 0 fully saturated rings. The van der Waals surface area contributed by atoms with E-state index in [1.807, 2.05) is 5.32 Å². The highest BCUT2D eigenvalue weighted by Crippen LogP contribution is 2.27. The van der Waals surface area contributed by atoms with Crippen molar-refractivity contribution < 1.29 is 27.5 Å². The molecule has 0 heterocycles. The van der Waals surface area contributed by atoms with E-state index in [1.54, 1.807) is 0 Å². The fraction of sp³-hybridized carbons (Fsp3) is 0.385. The van der Waals surface area contributed by atoms with Crippen molar-refractivity contribution in [2.24, 2.45) is 0 Å². The van der Waals surface area contributed by atoms with Crippen LogP contribution in [0, 0.1) is 0 Å². The third kappa shape index (κ3) is 3.64. The van der Waals surface area contributed by atoms with E-state index in [0.29, 0.717) is 4.47 Å². The monoisotopic (exact) mass is 395 g/mol. The van der Waals surface area contributed by atoms with Gasteiger partial charge in [0.05, 0.1) is 4.90 Å². The molecule has 1 aromatic rings. The second kappa shape index (κ2) is 6.74. The number of benzene rings is 1. The lowest BCUT2D eigenvalue weighted by Gasteiger charge is -2.25. The minimum atomic E-state index is -4.08. The smallest absolute Gasteiger partial charge is 0.328 e. The minimum absolute atomic E-state index is 0.0945. The van der Waals surface area contributed by atoms with E-state index < -0.39 is 39.2 Å². The molecule has 0 aromatic heterocycles. The Balaban J connectivity index is 3.13. The molecule has 0 bridgehead atoms. The highest BCUT2D eigenvalue weighted by atomic mass is 79.9. The average molecular weight is 396 g/mol. The zero-order valence-corrected chi connectivity index (χ0v) is 14.2. The molecule has 1 aromatic carbocycles. The number of rotatable bonds is 6. The maximum Gasteiger partial charge on any atom is 0.328 e. The van der Waals surface area contributed by atoms with E-state index in [0.717, 1.165) is 13.8 Å². The normalized spacial score (nSPS) is 13.5. The van der Waals surface area contributed by atoms with Crippen LogP contribution in [0.25, 0.3) is 0 Å². The molecule has 1 atom stereocenters. The number of halogens is 2. The topological polar surface area (TPSA) is 101 Å². The lowest BCUT2D eigenvalue weighted by molar-refractivity contribution is -0.142. The lowest BCUT2D eigenvalue weighted by Crippen LogP contribution is -2.53. The summed E-state index contributed by atoms with van der Waals surface area (Å²) in [5.74, 6) is -2.66. The van der Waals surface area contributed by atoms with Crippen LogP contribution in [0.3, 0.4) is 0 Å². The Labute approximate surface area is 135 Å². The van der Waals surface area contributed by atoms with Gasteiger partial charge in [-0.3, -0.25) is 4.79 Å². The van der Waals surface area contributed by atoms with Gasteiger partial charge in [0.1, 0.15) is 11.4 Å². The number of hydrogen-bond donors (Lipinski definition) is 2. The predicted molar refractivity (Wildman–Crippen MR) is 80.9 cm³/mol. The van der Waals surface area contributed by atoms with Crippen molar-refractivity contribution in [3.8, 4) is 0 Å². The summed E-state index contributed by atoms with van der Waals surface area (Å²) in [5.41, 5.74) is 0. The molecule has 1 amide bonds. The van der Waals surface area contributed by atoms with Crippen molar-refractivity contribution in [2.45, 2.75) is 29.5 Å². The first-order valence-electron chi connectivity index (χ1n) is 6.14. The number of carbonyl (C=O) groups is 2. The molecule has 0 radical (unpaired) electrons. The molecule has 9 heteroatoms. The summed E-state index contributed by atoms with van der Waals surface area (Å²) in [6, 6.07) is 3.86. The molecule has 0 aliphatic heterocycles. The van der Waals surface area contributed by atoms with Gasteiger partial charge >= 0.3 is 5.97 Å². The Bertz CT molecular complexity index is 672. The van der Waals surface area contributed by atoms with Gasteiger partial charge in [-0.25, -0.2) is 17.6 Å². The van der Waals surface area contributed by atoms with Crippen molar-refractivity contribution in [3.05, 3.63) is 28.7 Å². The van der Waals surface area contributed by atoms with Crippen LogP contribution in [0.4, 0.5) is 4.39 Å². The summed E-state index contributed by atoms with van der Waals surface area (Å²) in [6.07, 6.45) is 0. The summed E-state index contributed by atoms with van der Waals surface area (Å²) in [6.45, 7) is 0.934. The second-order valence-electron chi connectivity index (χ2n) is 4.99. The van der Waals surface area contributed by atoms with Crippen LogP contribution in [0.5, 0.6) is 0 Å². The molecule has 1 rings (SSSR count). The zero-order valence-electron chi connectivity index (χ0n) is 11.8. The summed E-state index contributed by atoms with van der Waals surface area (Å²) < 4.78 is 36.3. The van der Waals surface area contributed by atoms with Crippen LogP contribution < -0.4 is 5.32 Å². The molecule has 122 valence electrons. The van der Waals surface area contributed by atoms with Gasteiger partial charge in [-0.1, -0.05) is 15.9 Å². The van der Waals surface area contributed by atoms with Gasteiger partial charge in [0, 0.05) is 4.47 Å². The molecule has 1 unspecified atom stereocenters. The van der Waals surface area contributed by atoms with Crippen molar-refractivity contribution in [2.75, 3.05) is 6.67 Å². The van der Waals surface area contributed by atoms with Gasteiger partial charge in [0.15, 0.2) is 15.9 Å². The SMILES string of the molecule is CC(C)(C(=O)NC(CF)C(=O)O)S(=O)(=O)c1ccc(Br)cc1. The molecular weight excluding hydrogens is 381 g/mol. The Hall–Kier alpha value is -1.48. The number of alkyl halides is 1. The highest BCUT2D eigenvalue weighted by molar-refractivity contribution is 9.10. The molecule has 22 heavy (non-hydrogen) atoms. The maximum atomic E-state index is 12.6. The molecule has 0 saturated carbocycles. The molecule has 6 nitrogen and oxygen atoms in total. The van der Waals surface area contributed by atoms with E-state index in [4.69, 9.17) is 5.11 Å². The third-order valence-corrected chi connectivity index (χ3v) is 6.05. The van der Waals surface area contributed by atoms with Crippen LogP contribution in [-0.4, -0.2) is 42.9 Å². The van der Waals surface area contributed by atoms with Gasteiger partial charge in [-0.2, -0.15) is 0 Å². The van der Waals surface area contributed by atoms with E-state index in [9.17, 15) is 22.4 Å². The van der Waals surface area contributed by atoms with Gasteiger partial charge in [0.2, 0.25) is 5.91 Å². The molecular formula is C13H15BrFNO5S. The number of carbonyl (C=O) groups excluding carboxylic acids is 1. The van der Waals surface area contributed by atoms with Crippen LogP contribution in [-0.2, 0) is 19.4 Å². The minimum Gasteiger partial charge on any atom is -0.480 e. The van der Waals surface area contributed by atoms with Gasteiger partial charge in [0.25, 0.3) is 0 Å². The van der Waals surface area contributed by atoms with Gasteiger partial charge in [-0.05, 0) is 38.1 Å². The molecule has 0 aliphatic carbocycles. The molecule has 2 N–H and O–H groups in total. The Kier molecular flexibility index (Phi) is 5.69. The Morgan fingerprint density at radius 1 is 1.32 bits per heavy atom. The van der Waals surface area contributed by atoms with Crippen molar-refractivity contribution in [1.29, 1.82) is 0 Å². The summed E-state index contributed by atoms with van der Waals surface area (Å²) in [7, 11) is -4.08. The Morgan fingerprint density at radius 3 is 2.23 bits per heavy atom. The number of sulfone groups is 1. The second-order valence-corrected chi connectivity index (χ2v) is 8.40. The van der Waals surface area contributed by atoms with Crippen LogP contribution in [0.1, 0.15) is 13.8 Å². The fourth-order valence-corrected chi connectivity index (χ4v) is 3.18. The number of amides is 1.